The molecule has 0 saturated heterocycles. The van der Waals surface area contributed by atoms with Crippen LogP contribution < -0.4 is 0 Å². The van der Waals surface area contributed by atoms with Crippen LogP contribution in [0.25, 0.3) is 0 Å². The second kappa shape index (κ2) is 6.29. The number of benzene rings is 2. The van der Waals surface area contributed by atoms with Gasteiger partial charge in [-0.15, -0.1) is 0 Å². The number of carbonyl (C=O) groups excluding carboxylic acids is 1. The lowest BCUT2D eigenvalue weighted by molar-refractivity contribution is -0.123. The Kier molecular flexibility index (Phi) is 4.03. The van der Waals surface area contributed by atoms with E-state index in [1.165, 1.54) is 12.3 Å². The molecule has 0 saturated carbocycles. The first kappa shape index (κ1) is 13.5. The fourth-order valence-corrected chi connectivity index (χ4v) is 2.27. The summed E-state index contributed by atoms with van der Waals surface area (Å²) in [4.78, 5) is 15.9. The quantitative estimate of drug-likeness (QED) is 0.859. The summed E-state index contributed by atoms with van der Waals surface area (Å²) in [6.45, 7) is 0. The first-order valence-electron chi connectivity index (χ1n) is 6.83. The summed E-state index contributed by atoms with van der Waals surface area (Å²) in [5.41, 5.74) is 2.03. The van der Waals surface area contributed by atoms with E-state index in [4.69, 9.17) is 4.74 Å². The van der Waals surface area contributed by atoms with E-state index in [1.807, 2.05) is 60.7 Å². The van der Waals surface area contributed by atoms with Gasteiger partial charge in [0.25, 0.3) is 0 Å². The third kappa shape index (κ3) is 3.15. The van der Waals surface area contributed by atoms with Crippen LogP contribution in [0.2, 0.25) is 0 Å². The number of hydrogen-bond donors (Lipinski definition) is 0. The Bertz CT molecular complexity index is 623. The molecular weight excluding hydrogens is 262 g/mol. The number of hydrogen-bond acceptors (Lipinski definition) is 3. The van der Waals surface area contributed by atoms with Crippen molar-refractivity contribution in [1.29, 1.82) is 0 Å². The van der Waals surface area contributed by atoms with Crippen LogP contribution in [-0.4, -0.2) is 18.1 Å². The van der Waals surface area contributed by atoms with Crippen LogP contribution in [0.4, 0.5) is 0 Å². The SMILES string of the molecule is O=C1C=CN=CC1OC(c1ccccc1)c1ccccc1. The lowest BCUT2D eigenvalue weighted by Crippen LogP contribution is -2.28. The van der Waals surface area contributed by atoms with Crippen molar-refractivity contribution in [3.63, 3.8) is 0 Å². The van der Waals surface area contributed by atoms with E-state index in [-0.39, 0.29) is 11.9 Å². The monoisotopic (exact) mass is 277 g/mol. The summed E-state index contributed by atoms with van der Waals surface area (Å²) in [5, 5.41) is 0. The van der Waals surface area contributed by atoms with Crippen LogP contribution in [0, 0.1) is 0 Å². The first-order chi connectivity index (χ1) is 10.3. The summed E-state index contributed by atoms with van der Waals surface area (Å²) >= 11 is 0. The molecule has 2 aromatic carbocycles. The lowest BCUT2D eigenvalue weighted by atomic mass is 10.0. The van der Waals surface area contributed by atoms with Gasteiger partial charge in [-0.05, 0) is 11.1 Å². The minimum atomic E-state index is -0.639. The normalized spacial score (nSPS) is 17.4. The maximum atomic E-state index is 11.9. The lowest BCUT2D eigenvalue weighted by Gasteiger charge is -2.23. The van der Waals surface area contributed by atoms with E-state index < -0.39 is 6.10 Å². The van der Waals surface area contributed by atoms with Crippen LogP contribution in [0.1, 0.15) is 17.2 Å². The zero-order chi connectivity index (χ0) is 14.5. The fourth-order valence-electron chi connectivity index (χ4n) is 2.27. The molecule has 0 spiro atoms. The molecule has 3 nitrogen and oxygen atoms in total. The zero-order valence-corrected chi connectivity index (χ0v) is 11.4. The molecule has 1 aliphatic rings. The van der Waals surface area contributed by atoms with Gasteiger partial charge in [-0.2, -0.15) is 0 Å². The van der Waals surface area contributed by atoms with Gasteiger partial charge in [0, 0.05) is 18.5 Å². The Morgan fingerprint density at radius 1 is 0.905 bits per heavy atom. The topological polar surface area (TPSA) is 38.7 Å². The molecule has 3 heteroatoms. The Morgan fingerprint density at radius 3 is 2.00 bits per heavy atom. The number of ketones is 1. The molecule has 0 radical (unpaired) electrons. The van der Waals surface area contributed by atoms with Gasteiger partial charge >= 0.3 is 0 Å². The predicted molar refractivity (Wildman–Crippen MR) is 82.2 cm³/mol. The molecule has 1 atom stereocenters. The third-order valence-corrected chi connectivity index (χ3v) is 3.31. The minimum absolute atomic E-state index is 0.0816. The molecule has 1 unspecified atom stereocenters. The maximum absolute atomic E-state index is 11.9. The molecular formula is C18H15NO2. The molecule has 21 heavy (non-hydrogen) atoms. The van der Waals surface area contributed by atoms with E-state index >= 15 is 0 Å². The second-order valence-electron chi connectivity index (χ2n) is 4.77. The van der Waals surface area contributed by atoms with Crippen molar-refractivity contribution in [2.45, 2.75) is 12.2 Å². The highest BCUT2D eigenvalue weighted by Gasteiger charge is 2.23. The number of rotatable bonds is 4. The van der Waals surface area contributed by atoms with Crippen LogP contribution in [0.15, 0.2) is 77.9 Å². The van der Waals surface area contributed by atoms with Crippen LogP contribution in [-0.2, 0) is 9.53 Å². The molecule has 0 aromatic heterocycles. The zero-order valence-electron chi connectivity index (χ0n) is 11.4. The van der Waals surface area contributed by atoms with Crippen molar-refractivity contribution in [1.82, 2.24) is 0 Å². The highest BCUT2D eigenvalue weighted by Crippen LogP contribution is 2.27. The van der Waals surface area contributed by atoms with E-state index in [0.29, 0.717) is 0 Å². The summed E-state index contributed by atoms with van der Waals surface area (Å²) in [6, 6.07) is 19.8. The van der Waals surface area contributed by atoms with Crippen molar-refractivity contribution < 1.29 is 9.53 Å². The van der Waals surface area contributed by atoms with Gasteiger partial charge in [-0.25, -0.2) is 0 Å². The molecule has 3 rings (SSSR count). The number of aliphatic imine (C=N–C) groups is 1. The third-order valence-electron chi connectivity index (χ3n) is 3.31. The summed E-state index contributed by atoms with van der Waals surface area (Å²) < 4.78 is 6.03. The molecule has 0 bridgehead atoms. The van der Waals surface area contributed by atoms with Gasteiger partial charge in [0.05, 0.1) is 0 Å². The molecule has 1 aliphatic heterocycles. The number of nitrogens with zero attached hydrogens (tertiary/aromatic N) is 1. The molecule has 104 valence electrons. The van der Waals surface area contributed by atoms with Crippen molar-refractivity contribution in [3.8, 4) is 0 Å². The Balaban J connectivity index is 1.92. The highest BCUT2D eigenvalue weighted by atomic mass is 16.5. The Labute approximate surface area is 123 Å². The van der Waals surface area contributed by atoms with Crippen molar-refractivity contribution >= 4 is 12.0 Å². The van der Waals surface area contributed by atoms with Crippen LogP contribution in [0.3, 0.4) is 0 Å². The summed E-state index contributed by atoms with van der Waals surface area (Å²) in [5.74, 6) is -0.0816. The maximum Gasteiger partial charge on any atom is 0.191 e. The summed E-state index contributed by atoms with van der Waals surface area (Å²) in [6.07, 6.45) is 3.54. The number of carbonyl (C=O) groups is 1. The van der Waals surface area contributed by atoms with Gasteiger partial charge < -0.3 is 4.74 Å². The molecule has 0 N–H and O–H groups in total. The van der Waals surface area contributed by atoms with Gasteiger partial charge in [-0.1, -0.05) is 60.7 Å². The van der Waals surface area contributed by atoms with Gasteiger partial charge in [0.2, 0.25) is 0 Å². The average Bonchev–Trinajstić information content (AvgIpc) is 2.56. The molecule has 0 aliphatic carbocycles. The Hall–Kier alpha value is -2.52. The Morgan fingerprint density at radius 2 is 1.48 bits per heavy atom. The van der Waals surface area contributed by atoms with Crippen LogP contribution >= 0.6 is 0 Å². The van der Waals surface area contributed by atoms with E-state index in [9.17, 15) is 4.79 Å². The number of ether oxygens (including phenoxy) is 1. The minimum Gasteiger partial charge on any atom is -0.352 e. The predicted octanol–water partition coefficient (Wildman–Crippen LogP) is 3.33. The van der Waals surface area contributed by atoms with E-state index in [1.54, 1.807) is 6.21 Å². The fraction of sp³-hybridized carbons (Fsp3) is 0.111. The molecule has 1 heterocycles. The molecule has 0 fully saturated rings. The van der Waals surface area contributed by atoms with Crippen LogP contribution in [0.5, 0.6) is 0 Å². The second-order valence-corrected chi connectivity index (χ2v) is 4.77. The van der Waals surface area contributed by atoms with Gasteiger partial charge in [-0.3, -0.25) is 9.79 Å². The largest absolute Gasteiger partial charge is 0.352 e. The first-order valence-corrected chi connectivity index (χ1v) is 6.83. The summed E-state index contributed by atoms with van der Waals surface area (Å²) in [7, 11) is 0. The smallest absolute Gasteiger partial charge is 0.191 e. The van der Waals surface area contributed by atoms with E-state index in [0.717, 1.165) is 11.1 Å². The van der Waals surface area contributed by atoms with Crippen molar-refractivity contribution in [2.24, 2.45) is 4.99 Å². The van der Waals surface area contributed by atoms with Gasteiger partial charge in [0.15, 0.2) is 11.9 Å². The van der Waals surface area contributed by atoms with Crippen molar-refractivity contribution in [2.75, 3.05) is 0 Å². The van der Waals surface area contributed by atoms with E-state index in [2.05, 4.69) is 4.99 Å². The van der Waals surface area contributed by atoms with Crippen molar-refractivity contribution in [3.05, 3.63) is 84.1 Å². The average molecular weight is 277 g/mol. The van der Waals surface area contributed by atoms with Gasteiger partial charge in [0.1, 0.15) is 6.10 Å². The standard InChI is InChI=1S/C18H15NO2/c20-16-11-12-19-13-17(16)21-18(14-7-3-1-4-8-14)15-9-5-2-6-10-15/h1-13,17-18H. The molecule has 0 amide bonds. The molecule has 2 aromatic rings. The highest BCUT2D eigenvalue weighted by molar-refractivity contribution is 6.06.